The molecule has 0 aliphatic rings. The third kappa shape index (κ3) is 8.50. The van der Waals surface area contributed by atoms with Crippen molar-refractivity contribution < 1.29 is 13.2 Å². The summed E-state index contributed by atoms with van der Waals surface area (Å²) in [6.07, 6.45) is 1.98. The van der Waals surface area contributed by atoms with Crippen molar-refractivity contribution in [3.63, 3.8) is 0 Å². The van der Waals surface area contributed by atoms with Crippen molar-refractivity contribution in [2.24, 2.45) is 5.92 Å². The van der Waals surface area contributed by atoms with Gasteiger partial charge in [-0.25, -0.2) is 13.1 Å². The number of alkyl halides is 1. The Labute approximate surface area is 107 Å². The lowest BCUT2D eigenvalue weighted by Crippen LogP contribution is -2.32. The molecule has 1 atom stereocenters. The molecular formula is C10H22BrNO3S. The van der Waals surface area contributed by atoms with Crippen molar-refractivity contribution in [1.82, 2.24) is 4.72 Å². The molecule has 6 heteroatoms. The minimum atomic E-state index is -3.17. The predicted molar refractivity (Wildman–Crippen MR) is 70.5 cm³/mol. The number of nitrogens with one attached hydrogen (secondary N) is 1. The molecule has 0 aromatic rings. The molecule has 0 radical (unpaired) electrons. The molecule has 1 N–H and O–H groups in total. The number of ether oxygens (including phenoxy) is 1. The Morgan fingerprint density at radius 3 is 2.56 bits per heavy atom. The van der Waals surface area contributed by atoms with E-state index in [1.165, 1.54) is 0 Å². The molecule has 0 bridgehead atoms. The third-order valence-corrected chi connectivity index (χ3v) is 4.16. The Bertz CT molecular complexity index is 257. The second kappa shape index (κ2) is 9.39. The normalized spacial score (nSPS) is 13.9. The van der Waals surface area contributed by atoms with Crippen molar-refractivity contribution in [2.45, 2.75) is 26.7 Å². The summed E-state index contributed by atoms with van der Waals surface area (Å²) in [4.78, 5) is 0. The third-order valence-electron chi connectivity index (χ3n) is 2.39. The molecule has 0 heterocycles. The van der Waals surface area contributed by atoms with E-state index < -0.39 is 10.0 Å². The molecule has 0 aromatic heterocycles. The van der Waals surface area contributed by atoms with Gasteiger partial charge in [0.05, 0.1) is 12.4 Å². The first-order valence-electron chi connectivity index (χ1n) is 5.66. The fourth-order valence-electron chi connectivity index (χ4n) is 1.23. The number of hydrogen-bond acceptors (Lipinski definition) is 3. The molecule has 0 amide bonds. The molecule has 0 aliphatic carbocycles. The molecule has 0 aromatic carbocycles. The molecule has 0 fully saturated rings. The van der Waals surface area contributed by atoms with E-state index in [9.17, 15) is 8.42 Å². The average Bonchev–Trinajstić information content (AvgIpc) is 2.24. The highest BCUT2D eigenvalue weighted by Gasteiger charge is 2.13. The summed E-state index contributed by atoms with van der Waals surface area (Å²) in [5, 5.41) is 0.909. The highest BCUT2D eigenvalue weighted by molar-refractivity contribution is 9.09. The maximum atomic E-state index is 11.5. The monoisotopic (exact) mass is 315 g/mol. The fraction of sp³-hybridized carbons (Fsp3) is 1.00. The maximum absolute atomic E-state index is 11.5. The second-order valence-corrected chi connectivity index (χ2v) is 6.34. The van der Waals surface area contributed by atoms with E-state index in [-0.39, 0.29) is 12.4 Å². The number of rotatable bonds is 10. The summed E-state index contributed by atoms with van der Waals surface area (Å²) in [6, 6.07) is 0. The number of halogens is 1. The quantitative estimate of drug-likeness (QED) is 0.493. The van der Waals surface area contributed by atoms with E-state index in [1.807, 2.05) is 6.92 Å². The van der Waals surface area contributed by atoms with Crippen molar-refractivity contribution >= 4 is 26.0 Å². The largest absolute Gasteiger partial charge is 0.381 e. The van der Waals surface area contributed by atoms with Gasteiger partial charge < -0.3 is 4.74 Å². The molecule has 0 rings (SSSR count). The topological polar surface area (TPSA) is 55.4 Å². The van der Waals surface area contributed by atoms with Crippen LogP contribution in [0.2, 0.25) is 0 Å². The Morgan fingerprint density at radius 2 is 2.06 bits per heavy atom. The van der Waals surface area contributed by atoms with Crippen LogP contribution in [-0.4, -0.2) is 39.3 Å². The van der Waals surface area contributed by atoms with E-state index >= 15 is 0 Å². The first-order chi connectivity index (χ1) is 7.55. The summed E-state index contributed by atoms with van der Waals surface area (Å²) in [5.74, 6) is 0.451. The minimum absolute atomic E-state index is 0.0472. The lowest BCUT2D eigenvalue weighted by molar-refractivity contribution is 0.163. The van der Waals surface area contributed by atoms with Gasteiger partial charge in [-0.1, -0.05) is 29.3 Å². The standard InChI is InChI=1S/C10H22BrNO3S/c1-3-10(5-6-11)9-12-16(13,14)8-7-15-4-2/h10,12H,3-9H2,1-2H3. The Hall–Kier alpha value is 0.350. The van der Waals surface area contributed by atoms with Gasteiger partial charge >= 0.3 is 0 Å². The summed E-state index contributed by atoms with van der Waals surface area (Å²) >= 11 is 3.37. The molecule has 0 spiro atoms. The van der Waals surface area contributed by atoms with Crippen LogP contribution in [0.4, 0.5) is 0 Å². The van der Waals surface area contributed by atoms with Crippen LogP contribution in [-0.2, 0) is 14.8 Å². The summed E-state index contributed by atoms with van der Waals surface area (Å²) in [7, 11) is -3.17. The first kappa shape index (κ1) is 16.4. The van der Waals surface area contributed by atoms with E-state index in [0.29, 0.717) is 19.1 Å². The van der Waals surface area contributed by atoms with Crippen LogP contribution < -0.4 is 4.72 Å². The molecule has 0 aliphatic heterocycles. The van der Waals surface area contributed by atoms with E-state index in [2.05, 4.69) is 27.6 Å². The smallest absolute Gasteiger partial charge is 0.213 e. The number of sulfonamides is 1. The van der Waals surface area contributed by atoms with Crippen LogP contribution in [0.1, 0.15) is 26.7 Å². The molecule has 98 valence electrons. The lowest BCUT2D eigenvalue weighted by atomic mass is 10.0. The van der Waals surface area contributed by atoms with Gasteiger partial charge in [-0.3, -0.25) is 0 Å². The summed E-state index contributed by atoms with van der Waals surface area (Å²) < 4.78 is 30.7. The van der Waals surface area contributed by atoms with Crippen LogP contribution in [0.25, 0.3) is 0 Å². The summed E-state index contributed by atoms with van der Waals surface area (Å²) in [6.45, 7) is 5.26. The zero-order valence-electron chi connectivity index (χ0n) is 10.0. The van der Waals surface area contributed by atoms with E-state index in [1.54, 1.807) is 0 Å². The van der Waals surface area contributed by atoms with Crippen molar-refractivity contribution in [3.05, 3.63) is 0 Å². The SMILES string of the molecule is CCOCCS(=O)(=O)NCC(CC)CCBr. The van der Waals surface area contributed by atoms with E-state index in [4.69, 9.17) is 4.74 Å². The zero-order valence-corrected chi connectivity index (χ0v) is 12.4. The number of hydrogen-bond donors (Lipinski definition) is 1. The highest BCUT2D eigenvalue weighted by Crippen LogP contribution is 2.08. The Balaban J connectivity index is 3.87. The van der Waals surface area contributed by atoms with Gasteiger partial charge in [0.2, 0.25) is 10.0 Å². The van der Waals surface area contributed by atoms with Crippen LogP contribution in [0.3, 0.4) is 0 Å². The maximum Gasteiger partial charge on any atom is 0.213 e. The fourth-order valence-corrected chi connectivity index (χ4v) is 2.85. The molecule has 4 nitrogen and oxygen atoms in total. The molecular weight excluding hydrogens is 294 g/mol. The van der Waals surface area contributed by atoms with Gasteiger partial charge in [0.15, 0.2) is 0 Å². The van der Waals surface area contributed by atoms with Crippen molar-refractivity contribution in [3.8, 4) is 0 Å². The molecule has 0 saturated carbocycles. The highest BCUT2D eigenvalue weighted by atomic mass is 79.9. The Morgan fingerprint density at radius 1 is 1.38 bits per heavy atom. The predicted octanol–water partition coefficient (Wildman–Crippen LogP) is 1.75. The Kier molecular flexibility index (Phi) is 9.59. The van der Waals surface area contributed by atoms with Crippen molar-refractivity contribution in [1.29, 1.82) is 0 Å². The molecule has 1 unspecified atom stereocenters. The van der Waals surface area contributed by atoms with Crippen molar-refractivity contribution in [2.75, 3.05) is 30.8 Å². The lowest BCUT2D eigenvalue weighted by Gasteiger charge is -2.14. The van der Waals surface area contributed by atoms with Gasteiger partial charge in [0, 0.05) is 18.5 Å². The first-order valence-corrected chi connectivity index (χ1v) is 8.44. The van der Waals surface area contributed by atoms with Crippen LogP contribution >= 0.6 is 15.9 Å². The minimum Gasteiger partial charge on any atom is -0.381 e. The average molecular weight is 316 g/mol. The second-order valence-electron chi connectivity index (χ2n) is 3.62. The van der Waals surface area contributed by atoms with Gasteiger partial charge in [-0.15, -0.1) is 0 Å². The van der Waals surface area contributed by atoms with Crippen LogP contribution in [0.5, 0.6) is 0 Å². The van der Waals surface area contributed by atoms with Gasteiger partial charge in [-0.2, -0.15) is 0 Å². The van der Waals surface area contributed by atoms with Crippen LogP contribution in [0, 0.1) is 5.92 Å². The summed E-state index contributed by atoms with van der Waals surface area (Å²) in [5.41, 5.74) is 0. The zero-order chi connectivity index (χ0) is 12.4. The van der Waals surface area contributed by atoms with Gasteiger partial charge in [0.1, 0.15) is 0 Å². The molecule has 0 saturated heterocycles. The van der Waals surface area contributed by atoms with Gasteiger partial charge in [0.25, 0.3) is 0 Å². The van der Waals surface area contributed by atoms with Crippen LogP contribution in [0.15, 0.2) is 0 Å². The van der Waals surface area contributed by atoms with E-state index in [0.717, 1.165) is 18.2 Å². The van der Waals surface area contributed by atoms with Gasteiger partial charge in [-0.05, 0) is 19.3 Å². The molecule has 16 heavy (non-hydrogen) atoms.